The van der Waals surface area contributed by atoms with Gasteiger partial charge in [0.15, 0.2) is 0 Å². The molecule has 1 aromatic heterocycles. The summed E-state index contributed by atoms with van der Waals surface area (Å²) in [4.78, 5) is 18.0. The Labute approximate surface area is 186 Å². The normalized spacial score (nSPS) is 11.5. The fraction of sp³-hybridized carbons (Fsp3) is 0.136. The highest BCUT2D eigenvalue weighted by Gasteiger charge is 2.20. The van der Waals surface area contributed by atoms with Crippen molar-refractivity contribution in [3.05, 3.63) is 77.6 Å². The molecule has 0 bridgehead atoms. The molecule has 7 nitrogen and oxygen atoms in total. The van der Waals surface area contributed by atoms with Crippen LogP contribution in [0.1, 0.15) is 5.56 Å². The summed E-state index contributed by atoms with van der Waals surface area (Å²) < 4.78 is 29.6. The van der Waals surface area contributed by atoms with Crippen molar-refractivity contribution in [1.29, 1.82) is 0 Å². The summed E-state index contributed by atoms with van der Waals surface area (Å²) in [5, 5.41) is 3.23. The summed E-state index contributed by atoms with van der Waals surface area (Å²) in [6.45, 7) is 0. The van der Waals surface area contributed by atoms with Gasteiger partial charge in [-0.05, 0) is 41.5 Å². The second-order valence-corrected chi connectivity index (χ2v) is 8.93. The highest BCUT2D eigenvalue weighted by atomic mass is 35.5. The number of nitrogens with zero attached hydrogens (tertiary/aromatic N) is 3. The molecule has 1 heterocycles. The minimum Gasteiger partial charge on any atom is -0.368 e. The smallest absolute Gasteiger partial charge is 0.284 e. The lowest BCUT2D eigenvalue weighted by atomic mass is 10.1. The second kappa shape index (κ2) is 9.72. The number of pyridine rings is 1. The number of hydrogen-bond donors (Lipinski definition) is 1. The van der Waals surface area contributed by atoms with Crippen LogP contribution in [0.5, 0.6) is 0 Å². The van der Waals surface area contributed by atoms with E-state index in [0.29, 0.717) is 27.4 Å². The maximum atomic E-state index is 12.9. The SMILES string of the molecule is CN(C)C=NS(=O)(=O)c1cc(NC(=O)Cc2ccccc2Cl)ccc1-c1ccncc1. The number of carbonyl (C=O) groups excluding carboxylic acids is 1. The maximum absolute atomic E-state index is 12.9. The first-order valence-corrected chi connectivity index (χ1v) is 11.1. The highest BCUT2D eigenvalue weighted by molar-refractivity contribution is 7.90. The first-order valence-electron chi connectivity index (χ1n) is 9.31. The van der Waals surface area contributed by atoms with E-state index in [1.54, 1.807) is 75.0 Å². The number of carbonyl (C=O) groups is 1. The Bertz CT molecular complexity index is 1210. The monoisotopic (exact) mass is 456 g/mol. The van der Waals surface area contributed by atoms with E-state index in [0.717, 1.165) is 0 Å². The third kappa shape index (κ3) is 5.90. The van der Waals surface area contributed by atoms with Crippen LogP contribution >= 0.6 is 11.6 Å². The van der Waals surface area contributed by atoms with Gasteiger partial charge in [0.25, 0.3) is 10.0 Å². The number of hydrogen-bond acceptors (Lipinski definition) is 4. The van der Waals surface area contributed by atoms with E-state index in [2.05, 4.69) is 14.7 Å². The molecule has 3 rings (SSSR count). The molecule has 1 amide bonds. The van der Waals surface area contributed by atoms with Gasteiger partial charge in [0.1, 0.15) is 6.34 Å². The number of sulfonamides is 1. The van der Waals surface area contributed by atoms with Crippen LogP contribution in [-0.2, 0) is 21.2 Å². The predicted octanol–water partition coefficient (Wildman–Crippen LogP) is 3.86. The Morgan fingerprint density at radius 1 is 1.13 bits per heavy atom. The van der Waals surface area contributed by atoms with Gasteiger partial charge in [-0.1, -0.05) is 35.9 Å². The van der Waals surface area contributed by atoms with Crippen LogP contribution in [0.2, 0.25) is 5.02 Å². The summed E-state index contributed by atoms with van der Waals surface area (Å²) in [6, 6.07) is 15.2. The predicted molar refractivity (Wildman–Crippen MR) is 123 cm³/mol. The molecule has 9 heteroatoms. The number of benzene rings is 2. The Morgan fingerprint density at radius 2 is 1.84 bits per heavy atom. The molecule has 0 saturated heterocycles. The van der Waals surface area contributed by atoms with E-state index >= 15 is 0 Å². The Hall–Kier alpha value is -3.23. The molecule has 0 fully saturated rings. The zero-order chi connectivity index (χ0) is 22.4. The third-order valence-electron chi connectivity index (χ3n) is 4.26. The van der Waals surface area contributed by atoms with Gasteiger partial charge in [-0.15, -0.1) is 4.40 Å². The van der Waals surface area contributed by atoms with Gasteiger partial charge < -0.3 is 10.2 Å². The molecule has 0 aliphatic heterocycles. The van der Waals surface area contributed by atoms with Crippen LogP contribution < -0.4 is 5.32 Å². The van der Waals surface area contributed by atoms with Crippen molar-refractivity contribution in [2.24, 2.45) is 4.40 Å². The molecule has 0 atom stereocenters. The number of amides is 1. The fourth-order valence-corrected chi connectivity index (χ4v) is 4.18. The average molecular weight is 457 g/mol. The molecule has 0 aliphatic carbocycles. The maximum Gasteiger partial charge on any atom is 0.284 e. The zero-order valence-electron chi connectivity index (χ0n) is 17.0. The van der Waals surface area contributed by atoms with E-state index in [-0.39, 0.29) is 17.2 Å². The minimum absolute atomic E-state index is 0.0210. The lowest BCUT2D eigenvalue weighted by Gasteiger charge is -2.12. The van der Waals surface area contributed by atoms with Crippen LogP contribution in [0, 0.1) is 0 Å². The summed E-state index contributed by atoms with van der Waals surface area (Å²) in [5.74, 6) is -0.315. The number of halogens is 1. The average Bonchev–Trinajstić information content (AvgIpc) is 2.74. The summed E-state index contributed by atoms with van der Waals surface area (Å²) >= 11 is 6.12. The van der Waals surface area contributed by atoms with Gasteiger partial charge in [-0.3, -0.25) is 9.78 Å². The largest absolute Gasteiger partial charge is 0.368 e. The van der Waals surface area contributed by atoms with Crippen molar-refractivity contribution in [3.63, 3.8) is 0 Å². The van der Waals surface area contributed by atoms with E-state index in [4.69, 9.17) is 11.6 Å². The third-order valence-corrected chi connectivity index (χ3v) is 5.89. The van der Waals surface area contributed by atoms with Crippen LogP contribution in [0.3, 0.4) is 0 Å². The van der Waals surface area contributed by atoms with Gasteiger partial charge in [0.05, 0.1) is 11.3 Å². The molecule has 1 N–H and O–H groups in total. The van der Waals surface area contributed by atoms with Crippen LogP contribution in [0.15, 0.2) is 76.3 Å². The topological polar surface area (TPSA) is 91.7 Å². The zero-order valence-corrected chi connectivity index (χ0v) is 18.6. The Balaban J connectivity index is 1.96. The van der Waals surface area contributed by atoms with E-state index < -0.39 is 10.0 Å². The first kappa shape index (κ1) is 22.5. The molecular weight excluding hydrogens is 436 g/mol. The molecule has 0 saturated carbocycles. The first-order chi connectivity index (χ1) is 14.8. The molecule has 0 unspecified atom stereocenters. The molecular formula is C22H21ClN4O3S. The number of aromatic nitrogens is 1. The molecule has 0 aliphatic rings. The lowest BCUT2D eigenvalue weighted by molar-refractivity contribution is -0.115. The Morgan fingerprint density at radius 3 is 2.52 bits per heavy atom. The van der Waals surface area contributed by atoms with Crippen molar-refractivity contribution in [1.82, 2.24) is 9.88 Å². The summed E-state index contributed by atoms with van der Waals surface area (Å²) in [6.07, 6.45) is 4.43. The molecule has 160 valence electrons. The van der Waals surface area contributed by atoms with Gasteiger partial charge in [0.2, 0.25) is 5.91 Å². The lowest BCUT2D eigenvalue weighted by Crippen LogP contribution is -2.15. The highest BCUT2D eigenvalue weighted by Crippen LogP contribution is 2.31. The van der Waals surface area contributed by atoms with Crippen LogP contribution in [0.4, 0.5) is 5.69 Å². The second-order valence-electron chi connectivity index (χ2n) is 6.92. The molecule has 3 aromatic rings. The van der Waals surface area contributed by atoms with Crippen molar-refractivity contribution in [2.75, 3.05) is 19.4 Å². The van der Waals surface area contributed by atoms with Crippen LogP contribution in [-0.4, -0.2) is 44.6 Å². The molecule has 0 radical (unpaired) electrons. The summed E-state index contributed by atoms with van der Waals surface area (Å²) in [7, 11) is -0.674. The number of anilines is 1. The molecule has 2 aromatic carbocycles. The van der Waals surface area contributed by atoms with Gasteiger partial charge in [-0.25, -0.2) is 0 Å². The van der Waals surface area contributed by atoms with Crippen molar-refractivity contribution < 1.29 is 13.2 Å². The number of rotatable bonds is 7. The molecule has 31 heavy (non-hydrogen) atoms. The van der Waals surface area contributed by atoms with Crippen molar-refractivity contribution >= 4 is 39.6 Å². The van der Waals surface area contributed by atoms with E-state index in [9.17, 15) is 13.2 Å². The standard InChI is InChI=1S/C22H21ClN4O3S/c1-27(2)15-25-31(29,30)21-14-18(7-8-19(21)16-9-11-24-12-10-16)26-22(28)13-17-5-3-4-6-20(17)23/h3-12,14-15H,13H2,1-2H3,(H,26,28). The van der Waals surface area contributed by atoms with Crippen molar-refractivity contribution in [3.8, 4) is 11.1 Å². The van der Waals surface area contributed by atoms with Crippen LogP contribution in [0.25, 0.3) is 11.1 Å². The van der Waals surface area contributed by atoms with Gasteiger partial charge >= 0.3 is 0 Å². The van der Waals surface area contributed by atoms with E-state index in [1.165, 1.54) is 17.3 Å². The van der Waals surface area contributed by atoms with Crippen molar-refractivity contribution in [2.45, 2.75) is 11.3 Å². The quantitative estimate of drug-likeness (QED) is 0.430. The van der Waals surface area contributed by atoms with Gasteiger partial charge in [0, 0.05) is 42.8 Å². The fourth-order valence-electron chi connectivity index (χ4n) is 2.82. The Kier molecular flexibility index (Phi) is 7.04. The number of nitrogens with one attached hydrogen (secondary N) is 1. The molecule has 0 spiro atoms. The van der Waals surface area contributed by atoms with Gasteiger partial charge in [-0.2, -0.15) is 8.42 Å². The summed E-state index contributed by atoms with van der Waals surface area (Å²) in [5.41, 5.74) is 2.15. The van der Waals surface area contributed by atoms with E-state index in [1.807, 2.05) is 0 Å². The minimum atomic E-state index is -4.02.